The van der Waals surface area contributed by atoms with Crippen LogP contribution in [0.25, 0.3) is 0 Å². The summed E-state index contributed by atoms with van der Waals surface area (Å²) in [7, 11) is 0. The van der Waals surface area contributed by atoms with E-state index in [1.54, 1.807) is 0 Å². The van der Waals surface area contributed by atoms with Crippen LogP contribution in [0.3, 0.4) is 0 Å². The molecule has 1 heterocycles. The van der Waals surface area contributed by atoms with E-state index in [0.29, 0.717) is 5.75 Å². The standard InChI is InChI=1S/C10H11NO3S.C2H6/c11-10(12)4-9(15)6-1-2-7-8(3-6)14-5-13-7;1-2/h1-3,9,15H,4-5H2,(H2,11,12);1-2H3. The van der Waals surface area contributed by atoms with E-state index in [1.165, 1.54) is 0 Å². The van der Waals surface area contributed by atoms with E-state index in [2.05, 4.69) is 12.6 Å². The minimum absolute atomic E-state index is 0.197. The molecule has 0 aliphatic carbocycles. The van der Waals surface area contributed by atoms with E-state index in [-0.39, 0.29) is 24.4 Å². The summed E-state index contributed by atoms with van der Waals surface area (Å²) < 4.78 is 10.4. The predicted molar refractivity (Wildman–Crippen MR) is 69.5 cm³/mol. The number of primary amides is 1. The van der Waals surface area contributed by atoms with Crippen molar-refractivity contribution in [1.29, 1.82) is 0 Å². The number of benzene rings is 1. The largest absolute Gasteiger partial charge is 0.454 e. The molecule has 5 heteroatoms. The lowest BCUT2D eigenvalue weighted by Gasteiger charge is -2.09. The maximum Gasteiger partial charge on any atom is 0.231 e. The lowest BCUT2D eigenvalue weighted by molar-refractivity contribution is -0.118. The second-order valence-electron chi connectivity index (χ2n) is 3.30. The molecule has 1 atom stereocenters. The molecule has 0 bridgehead atoms. The number of hydrogen-bond acceptors (Lipinski definition) is 4. The van der Waals surface area contributed by atoms with Gasteiger partial charge >= 0.3 is 0 Å². The first-order valence-corrected chi connectivity index (χ1v) is 6.04. The molecule has 1 aromatic carbocycles. The summed E-state index contributed by atoms with van der Waals surface area (Å²) in [5.41, 5.74) is 6.00. The van der Waals surface area contributed by atoms with Gasteiger partial charge in [0.05, 0.1) is 0 Å². The summed E-state index contributed by atoms with van der Waals surface area (Å²) in [6.07, 6.45) is 0.211. The van der Waals surface area contributed by atoms with Gasteiger partial charge in [-0.2, -0.15) is 12.6 Å². The Kier molecular flexibility index (Phi) is 5.15. The maximum atomic E-state index is 10.7. The zero-order valence-corrected chi connectivity index (χ0v) is 10.9. The Morgan fingerprint density at radius 2 is 2.06 bits per heavy atom. The van der Waals surface area contributed by atoms with Crippen LogP contribution in [0.2, 0.25) is 0 Å². The normalized spacial score (nSPS) is 13.6. The highest BCUT2D eigenvalue weighted by Crippen LogP contribution is 2.36. The Morgan fingerprint density at radius 3 is 2.71 bits per heavy atom. The summed E-state index contributed by atoms with van der Waals surface area (Å²) in [5, 5.41) is -0.197. The molecule has 2 rings (SSSR count). The van der Waals surface area contributed by atoms with Crippen molar-refractivity contribution in [2.45, 2.75) is 25.5 Å². The Bertz CT molecular complexity index is 395. The van der Waals surface area contributed by atoms with Crippen LogP contribution in [0.15, 0.2) is 18.2 Å². The fraction of sp³-hybridized carbons (Fsp3) is 0.417. The van der Waals surface area contributed by atoms with Gasteiger partial charge in [0.1, 0.15) is 0 Å². The number of amides is 1. The molecule has 0 saturated carbocycles. The summed E-state index contributed by atoms with van der Waals surface area (Å²) in [4.78, 5) is 10.7. The smallest absolute Gasteiger partial charge is 0.231 e. The zero-order valence-electron chi connectivity index (χ0n) is 9.97. The zero-order chi connectivity index (χ0) is 12.8. The molecule has 0 saturated heterocycles. The summed E-state index contributed by atoms with van der Waals surface area (Å²) in [5.74, 6) is 1.04. The van der Waals surface area contributed by atoms with Crippen LogP contribution >= 0.6 is 12.6 Å². The van der Waals surface area contributed by atoms with Gasteiger partial charge in [-0.3, -0.25) is 4.79 Å². The highest BCUT2D eigenvalue weighted by atomic mass is 32.1. The van der Waals surface area contributed by atoms with Gasteiger partial charge in [-0.15, -0.1) is 0 Å². The molecule has 1 amide bonds. The molecule has 2 N–H and O–H groups in total. The molecule has 1 aliphatic heterocycles. The second-order valence-corrected chi connectivity index (χ2v) is 3.92. The van der Waals surface area contributed by atoms with Gasteiger partial charge in [0, 0.05) is 11.7 Å². The molecular formula is C12H17NO3S. The van der Waals surface area contributed by atoms with Gasteiger partial charge in [0.15, 0.2) is 11.5 Å². The maximum absolute atomic E-state index is 10.7. The van der Waals surface area contributed by atoms with Crippen molar-refractivity contribution in [3.05, 3.63) is 23.8 Å². The van der Waals surface area contributed by atoms with E-state index in [1.807, 2.05) is 32.0 Å². The Morgan fingerprint density at radius 1 is 1.41 bits per heavy atom. The summed E-state index contributed by atoms with van der Waals surface area (Å²) in [6.45, 7) is 4.24. The second kappa shape index (κ2) is 6.39. The molecule has 1 unspecified atom stereocenters. The van der Waals surface area contributed by atoms with E-state index in [0.717, 1.165) is 11.3 Å². The van der Waals surface area contributed by atoms with Gasteiger partial charge in [0.2, 0.25) is 12.7 Å². The van der Waals surface area contributed by atoms with Crippen LogP contribution in [0.5, 0.6) is 11.5 Å². The third-order valence-corrected chi connectivity index (χ3v) is 2.66. The minimum Gasteiger partial charge on any atom is -0.454 e. The first-order valence-electron chi connectivity index (χ1n) is 5.53. The highest BCUT2D eigenvalue weighted by Gasteiger charge is 2.16. The number of rotatable bonds is 3. The van der Waals surface area contributed by atoms with E-state index >= 15 is 0 Å². The van der Waals surface area contributed by atoms with Crippen molar-refractivity contribution in [2.24, 2.45) is 5.73 Å². The van der Waals surface area contributed by atoms with Crippen molar-refractivity contribution in [1.82, 2.24) is 0 Å². The number of ether oxygens (including phenoxy) is 2. The van der Waals surface area contributed by atoms with Gasteiger partial charge in [-0.05, 0) is 17.7 Å². The summed E-state index contributed by atoms with van der Waals surface area (Å²) >= 11 is 4.30. The molecular weight excluding hydrogens is 238 g/mol. The van der Waals surface area contributed by atoms with Gasteiger partial charge < -0.3 is 15.2 Å². The van der Waals surface area contributed by atoms with Crippen molar-refractivity contribution in [3.63, 3.8) is 0 Å². The molecule has 1 aromatic rings. The number of fused-ring (bicyclic) bond motifs is 1. The molecule has 0 spiro atoms. The van der Waals surface area contributed by atoms with Crippen molar-refractivity contribution >= 4 is 18.5 Å². The quantitative estimate of drug-likeness (QED) is 0.815. The number of hydrogen-bond donors (Lipinski definition) is 2. The van der Waals surface area contributed by atoms with Gasteiger partial charge in [0.25, 0.3) is 0 Å². The van der Waals surface area contributed by atoms with Gasteiger partial charge in [-0.25, -0.2) is 0 Å². The van der Waals surface area contributed by atoms with Crippen LogP contribution in [0, 0.1) is 0 Å². The predicted octanol–water partition coefficient (Wildman–Crippen LogP) is 2.29. The van der Waals surface area contributed by atoms with Crippen LogP contribution in [-0.2, 0) is 4.79 Å². The van der Waals surface area contributed by atoms with Crippen LogP contribution in [0.1, 0.15) is 31.1 Å². The van der Waals surface area contributed by atoms with Crippen molar-refractivity contribution < 1.29 is 14.3 Å². The van der Waals surface area contributed by atoms with E-state index in [9.17, 15) is 4.79 Å². The average Bonchev–Trinajstić information content (AvgIpc) is 2.77. The number of thiol groups is 1. The number of carbonyl (C=O) groups is 1. The fourth-order valence-corrected chi connectivity index (χ4v) is 1.77. The van der Waals surface area contributed by atoms with Crippen LogP contribution < -0.4 is 15.2 Å². The highest BCUT2D eigenvalue weighted by molar-refractivity contribution is 7.80. The third-order valence-electron chi connectivity index (χ3n) is 2.18. The lowest BCUT2D eigenvalue weighted by Crippen LogP contribution is -2.12. The Labute approximate surface area is 107 Å². The molecule has 0 radical (unpaired) electrons. The topological polar surface area (TPSA) is 61.6 Å². The fourth-order valence-electron chi connectivity index (χ4n) is 1.43. The Hall–Kier alpha value is -1.36. The van der Waals surface area contributed by atoms with Crippen LogP contribution in [-0.4, -0.2) is 12.7 Å². The Balaban J connectivity index is 0.000000686. The van der Waals surface area contributed by atoms with E-state index < -0.39 is 0 Å². The number of nitrogens with two attached hydrogens (primary N) is 1. The monoisotopic (exact) mass is 255 g/mol. The molecule has 17 heavy (non-hydrogen) atoms. The van der Waals surface area contributed by atoms with Crippen molar-refractivity contribution in [3.8, 4) is 11.5 Å². The first kappa shape index (κ1) is 13.7. The van der Waals surface area contributed by atoms with E-state index in [4.69, 9.17) is 15.2 Å². The van der Waals surface area contributed by atoms with Gasteiger partial charge in [-0.1, -0.05) is 19.9 Å². The molecule has 4 nitrogen and oxygen atoms in total. The summed E-state index contributed by atoms with van der Waals surface area (Å²) in [6, 6.07) is 5.49. The van der Waals surface area contributed by atoms with Crippen LogP contribution in [0.4, 0.5) is 0 Å². The number of carbonyl (C=O) groups excluding carboxylic acids is 1. The molecule has 1 aliphatic rings. The SMILES string of the molecule is CC.NC(=O)CC(S)c1ccc2c(c1)OCO2. The third kappa shape index (κ3) is 3.56. The lowest BCUT2D eigenvalue weighted by atomic mass is 10.1. The molecule has 0 aromatic heterocycles. The first-order chi connectivity index (χ1) is 8.16. The van der Waals surface area contributed by atoms with Crippen molar-refractivity contribution in [2.75, 3.05) is 6.79 Å². The molecule has 0 fully saturated rings. The minimum atomic E-state index is -0.368. The molecule has 94 valence electrons. The average molecular weight is 255 g/mol.